The highest BCUT2D eigenvalue weighted by atomic mass is 35.5. The molecule has 2 aromatic carbocycles. The van der Waals surface area contributed by atoms with Gasteiger partial charge in [0.25, 0.3) is 5.91 Å². The number of methoxy groups -OCH3 is 2. The molecule has 5 heteroatoms. The number of nitrogens with one attached hydrogen (secondary N) is 1. The molecular formula is C20H22ClNO3. The van der Waals surface area contributed by atoms with Crippen molar-refractivity contribution in [2.45, 2.75) is 20.3 Å². The Morgan fingerprint density at radius 1 is 1.20 bits per heavy atom. The van der Waals surface area contributed by atoms with Crippen LogP contribution in [0.3, 0.4) is 0 Å². The van der Waals surface area contributed by atoms with Gasteiger partial charge in [-0.15, -0.1) is 6.58 Å². The van der Waals surface area contributed by atoms with E-state index in [0.717, 1.165) is 16.7 Å². The van der Waals surface area contributed by atoms with Crippen LogP contribution in [0.1, 0.15) is 27.0 Å². The Hall–Kier alpha value is -2.46. The van der Waals surface area contributed by atoms with E-state index in [4.69, 9.17) is 21.1 Å². The van der Waals surface area contributed by atoms with Crippen LogP contribution in [0.5, 0.6) is 11.5 Å². The summed E-state index contributed by atoms with van der Waals surface area (Å²) in [5.74, 6) is 0.836. The third-order valence-electron chi connectivity index (χ3n) is 3.85. The summed E-state index contributed by atoms with van der Waals surface area (Å²) in [6.07, 6.45) is 2.31. The molecule has 0 spiro atoms. The Morgan fingerprint density at radius 3 is 2.48 bits per heavy atom. The third kappa shape index (κ3) is 4.15. The summed E-state index contributed by atoms with van der Waals surface area (Å²) in [7, 11) is 3.11. The average Bonchev–Trinajstić information content (AvgIpc) is 2.57. The van der Waals surface area contributed by atoms with E-state index in [9.17, 15) is 4.79 Å². The Balaban J connectivity index is 2.43. The number of carbonyl (C=O) groups excluding carboxylic acids is 1. The highest BCUT2D eigenvalue weighted by molar-refractivity contribution is 6.34. The molecule has 2 aromatic rings. The maximum Gasteiger partial charge on any atom is 0.255 e. The molecule has 0 aliphatic carbocycles. The molecule has 0 unspecified atom stereocenters. The molecule has 0 atom stereocenters. The van der Waals surface area contributed by atoms with Crippen molar-refractivity contribution in [3.8, 4) is 11.5 Å². The van der Waals surface area contributed by atoms with Crippen molar-refractivity contribution >= 4 is 23.2 Å². The van der Waals surface area contributed by atoms with Gasteiger partial charge in [0.1, 0.15) is 0 Å². The first-order valence-corrected chi connectivity index (χ1v) is 8.23. The van der Waals surface area contributed by atoms with Gasteiger partial charge in [-0.2, -0.15) is 0 Å². The number of benzene rings is 2. The van der Waals surface area contributed by atoms with Crippen molar-refractivity contribution in [1.29, 1.82) is 0 Å². The van der Waals surface area contributed by atoms with Gasteiger partial charge in [0, 0.05) is 11.1 Å². The zero-order chi connectivity index (χ0) is 18.6. The summed E-state index contributed by atoms with van der Waals surface area (Å²) < 4.78 is 10.8. The van der Waals surface area contributed by atoms with Crippen molar-refractivity contribution in [3.63, 3.8) is 0 Å². The lowest BCUT2D eigenvalue weighted by atomic mass is 10.0. The van der Waals surface area contributed by atoms with Crippen molar-refractivity contribution in [1.82, 2.24) is 0 Å². The molecule has 0 aliphatic rings. The molecule has 1 N–H and O–H groups in total. The van der Waals surface area contributed by atoms with Crippen LogP contribution in [0.15, 0.2) is 36.9 Å². The number of anilines is 1. The molecule has 0 saturated carbocycles. The van der Waals surface area contributed by atoms with Crippen LogP contribution in [0.4, 0.5) is 5.69 Å². The number of allylic oxidation sites excluding steroid dienone is 1. The molecule has 25 heavy (non-hydrogen) atoms. The number of amides is 1. The maximum atomic E-state index is 12.7. The van der Waals surface area contributed by atoms with Crippen LogP contribution >= 0.6 is 11.6 Å². The van der Waals surface area contributed by atoms with Gasteiger partial charge >= 0.3 is 0 Å². The molecule has 132 valence electrons. The van der Waals surface area contributed by atoms with Crippen LogP contribution in [-0.2, 0) is 6.42 Å². The van der Waals surface area contributed by atoms with E-state index in [1.165, 1.54) is 7.11 Å². The Bertz CT molecular complexity index is 792. The van der Waals surface area contributed by atoms with E-state index < -0.39 is 0 Å². The van der Waals surface area contributed by atoms with E-state index in [0.29, 0.717) is 34.2 Å². The van der Waals surface area contributed by atoms with Crippen LogP contribution in [0.2, 0.25) is 5.02 Å². The lowest BCUT2D eigenvalue weighted by Gasteiger charge is -2.15. The number of rotatable bonds is 6. The maximum absolute atomic E-state index is 12.7. The highest BCUT2D eigenvalue weighted by Gasteiger charge is 2.17. The number of hydrogen-bond acceptors (Lipinski definition) is 3. The molecule has 0 heterocycles. The van der Waals surface area contributed by atoms with E-state index >= 15 is 0 Å². The predicted octanol–water partition coefficient (Wildman–Crippen LogP) is 4.95. The molecule has 0 aliphatic heterocycles. The molecule has 0 radical (unpaired) electrons. The van der Waals surface area contributed by atoms with Gasteiger partial charge in [-0.05, 0) is 49.6 Å². The quantitative estimate of drug-likeness (QED) is 0.742. The van der Waals surface area contributed by atoms with Crippen molar-refractivity contribution in [3.05, 3.63) is 64.2 Å². The molecule has 0 saturated heterocycles. The molecule has 0 bridgehead atoms. The summed E-state index contributed by atoms with van der Waals surface area (Å²) in [6.45, 7) is 7.61. The van der Waals surface area contributed by atoms with Gasteiger partial charge in [-0.3, -0.25) is 4.79 Å². The Kier molecular flexibility index (Phi) is 6.10. The van der Waals surface area contributed by atoms with Crippen molar-refractivity contribution in [2.75, 3.05) is 19.5 Å². The van der Waals surface area contributed by atoms with Crippen LogP contribution in [0, 0.1) is 13.8 Å². The first kappa shape index (κ1) is 18.9. The van der Waals surface area contributed by atoms with Gasteiger partial charge in [0.2, 0.25) is 0 Å². The summed E-state index contributed by atoms with van der Waals surface area (Å²) >= 11 is 6.28. The fraction of sp³-hybridized carbons (Fsp3) is 0.250. The second-order valence-corrected chi connectivity index (χ2v) is 6.16. The van der Waals surface area contributed by atoms with Crippen LogP contribution in [-0.4, -0.2) is 20.1 Å². The zero-order valence-electron chi connectivity index (χ0n) is 14.9. The number of ether oxygens (including phenoxy) is 2. The van der Waals surface area contributed by atoms with Crippen LogP contribution in [0.25, 0.3) is 0 Å². The van der Waals surface area contributed by atoms with Gasteiger partial charge in [0.15, 0.2) is 11.5 Å². The smallest absolute Gasteiger partial charge is 0.255 e. The monoisotopic (exact) mass is 359 g/mol. The van der Waals surface area contributed by atoms with Crippen molar-refractivity contribution < 1.29 is 14.3 Å². The molecule has 2 rings (SSSR count). The lowest BCUT2D eigenvalue weighted by molar-refractivity contribution is 0.102. The zero-order valence-corrected chi connectivity index (χ0v) is 15.7. The highest BCUT2D eigenvalue weighted by Crippen LogP contribution is 2.34. The first-order valence-electron chi connectivity index (χ1n) is 7.85. The van der Waals surface area contributed by atoms with E-state index in [1.807, 2.05) is 26.0 Å². The fourth-order valence-electron chi connectivity index (χ4n) is 2.74. The van der Waals surface area contributed by atoms with Gasteiger partial charge in [-0.1, -0.05) is 23.7 Å². The lowest BCUT2D eigenvalue weighted by Crippen LogP contribution is -2.14. The third-order valence-corrected chi connectivity index (χ3v) is 4.15. The minimum atomic E-state index is -0.264. The molecule has 0 fully saturated rings. The van der Waals surface area contributed by atoms with Crippen LogP contribution < -0.4 is 14.8 Å². The largest absolute Gasteiger partial charge is 0.493 e. The SMILES string of the molecule is C=CCc1cc(C(=O)Nc2c(C)cc(C)cc2Cl)cc(OC)c1OC. The second-order valence-electron chi connectivity index (χ2n) is 5.76. The standard InChI is InChI=1S/C20H22ClNO3/c1-6-7-14-10-15(11-17(24-4)19(14)25-5)20(23)22-18-13(3)8-12(2)9-16(18)21/h6,8-11H,1,7H2,2-5H3,(H,22,23). The van der Waals surface area contributed by atoms with E-state index in [1.54, 1.807) is 25.3 Å². The summed E-state index contributed by atoms with van der Waals surface area (Å²) in [4.78, 5) is 12.7. The van der Waals surface area contributed by atoms with Gasteiger partial charge in [-0.25, -0.2) is 0 Å². The number of hydrogen-bond donors (Lipinski definition) is 1. The second kappa shape index (κ2) is 8.08. The normalized spacial score (nSPS) is 10.3. The predicted molar refractivity (Wildman–Crippen MR) is 102 cm³/mol. The summed E-state index contributed by atoms with van der Waals surface area (Å²) in [5, 5.41) is 3.40. The van der Waals surface area contributed by atoms with E-state index in [2.05, 4.69) is 11.9 Å². The minimum absolute atomic E-state index is 0.264. The van der Waals surface area contributed by atoms with E-state index in [-0.39, 0.29) is 5.91 Å². The van der Waals surface area contributed by atoms with Crippen molar-refractivity contribution in [2.24, 2.45) is 0 Å². The summed E-state index contributed by atoms with van der Waals surface area (Å²) in [6, 6.07) is 7.22. The minimum Gasteiger partial charge on any atom is -0.493 e. The molecule has 0 aromatic heterocycles. The fourth-order valence-corrected chi connectivity index (χ4v) is 3.11. The first-order chi connectivity index (χ1) is 11.9. The Morgan fingerprint density at radius 2 is 1.92 bits per heavy atom. The summed E-state index contributed by atoms with van der Waals surface area (Å²) in [5.41, 5.74) is 3.85. The Labute approximate surface area is 153 Å². The van der Waals surface area contributed by atoms with Gasteiger partial charge in [0.05, 0.1) is 24.9 Å². The topological polar surface area (TPSA) is 47.6 Å². The molecular weight excluding hydrogens is 338 g/mol. The molecule has 4 nitrogen and oxygen atoms in total. The number of carbonyl (C=O) groups is 1. The number of aryl methyl sites for hydroxylation is 2. The number of halogens is 1. The average molecular weight is 360 g/mol. The van der Waals surface area contributed by atoms with Gasteiger partial charge < -0.3 is 14.8 Å². The molecule has 1 amide bonds.